The zero-order chi connectivity index (χ0) is 12.3. The predicted octanol–water partition coefficient (Wildman–Crippen LogP) is 1.32. The number of benzene rings is 1. The highest BCUT2D eigenvalue weighted by molar-refractivity contribution is 6.33. The number of hydrogen-bond donors (Lipinski definition) is 3. The lowest BCUT2D eigenvalue weighted by atomic mass is 10.2. The van der Waals surface area contributed by atoms with Crippen LogP contribution in [0.25, 0.3) is 0 Å². The van der Waals surface area contributed by atoms with Crippen LogP contribution < -0.4 is 11.1 Å². The number of carboxylic acid groups (broad SMARTS) is 1. The first-order chi connectivity index (χ1) is 7.41. The zero-order valence-corrected chi connectivity index (χ0v) is 9.28. The van der Waals surface area contributed by atoms with Gasteiger partial charge in [-0.2, -0.15) is 0 Å². The van der Waals surface area contributed by atoms with Crippen LogP contribution in [0.3, 0.4) is 0 Å². The van der Waals surface area contributed by atoms with Gasteiger partial charge < -0.3 is 16.2 Å². The van der Waals surface area contributed by atoms with Crippen LogP contribution in [0.5, 0.6) is 0 Å². The minimum atomic E-state index is -1.12. The van der Waals surface area contributed by atoms with Crippen LogP contribution in [-0.2, 0) is 4.79 Å². The van der Waals surface area contributed by atoms with E-state index in [1.807, 2.05) is 0 Å². The summed E-state index contributed by atoms with van der Waals surface area (Å²) in [6.07, 6.45) is 0. The molecule has 0 radical (unpaired) electrons. The Labute approximate surface area is 97.2 Å². The molecule has 0 saturated carbocycles. The van der Waals surface area contributed by atoms with Crippen molar-refractivity contribution in [2.75, 3.05) is 5.32 Å². The molecule has 0 spiro atoms. The number of nitrogens with one attached hydrogen (secondary N) is 1. The third-order valence-electron chi connectivity index (χ3n) is 1.88. The van der Waals surface area contributed by atoms with E-state index in [0.29, 0.717) is 5.69 Å². The van der Waals surface area contributed by atoms with Crippen molar-refractivity contribution in [2.24, 2.45) is 5.73 Å². The van der Waals surface area contributed by atoms with Gasteiger partial charge in [0.15, 0.2) is 0 Å². The van der Waals surface area contributed by atoms with Crippen molar-refractivity contribution < 1.29 is 14.7 Å². The maximum atomic E-state index is 11.2. The minimum absolute atomic E-state index is 0.0135. The number of anilines is 1. The van der Waals surface area contributed by atoms with Crippen LogP contribution >= 0.6 is 11.6 Å². The summed E-state index contributed by atoms with van der Waals surface area (Å²) in [6, 6.07) is 3.50. The summed E-state index contributed by atoms with van der Waals surface area (Å²) in [7, 11) is 0. The maximum Gasteiger partial charge on any atom is 0.337 e. The lowest BCUT2D eigenvalue weighted by Gasteiger charge is -2.08. The number of hydrogen-bond acceptors (Lipinski definition) is 3. The van der Waals surface area contributed by atoms with Crippen LogP contribution in [0.2, 0.25) is 5.02 Å². The number of nitrogens with two attached hydrogens (primary N) is 1. The fourth-order valence-electron chi connectivity index (χ4n) is 1.02. The lowest BCUT2D eigenvalue weighted by molar-refractivity contribution is -0.117. The molecule has 4 N–H and O–H groups in total. The first-order valence-corrected chi connectivity index (χ1v) is 4.89. The van der Waals surface area contributed by atoms with Crippen LogP contribution in [-0.4, -0.2) is 23.0 Å². The van der Waals surface area contributed by atoms with Gasteiger partial charge in [0.2, 0.25) is 5.91 Å². The van der Waals surface area contributed by atoms with Crippen LogP contribution in [0.4, 0.5) is 5.69 Å². The summed E-state index contributed by atoms with van der Waals surface area (Å²) < 4.78 is 0. The monoisotopic (exact) mass is 242 g/mol. The Kier molecular flexibility index (Phi) is 3.87. The average molecular weight is 243 g/mol. The summed E-state index contributed by atoms with van der Waals surface area (Å²) in [5, 5.41) is 11.3. The van der Waals surface area contributed by atoms with Crippen LogP contribution in [0.15, 0.2) is 18.2 Å². The number of carbonyl (C=O) groups excluding carboxylic acids is 1. The van der Waals surface area contributed by atoms with Gasteiger partial charge in [-0.15, -0.1) is 0 Å². The van der Waals surface area contributed by atoms with E-state index in [0.717, 1.165) is 0 Å². The summed E-state index contributed by atoms with van der Waals surface area (Å²) >= 11 is 5.72. The molecule has 1 rings (SSSR count). The van der Waals surface area contributed by atoms with E-state index in [9.17, 15) is 9.59 Å². The largest absolute Gasteiger partial charge is 0.478 e. The molecule has 0 aliphatic carbocycles. The molecule has 1 atom stereocenters. The topological polar surface area (TPSA) is 92.4 Å². The Morgan fingerprint density at radius 1 is 1.50 bits per heavy atom. The molecule has 5 nitrogen and oxygen atoms in total. The van der Waals surface area contributed by atoms with Gasteiger partial charge in [0.05, 0.1) is 16.6 Å². The Hall–Kier alpha value is -1.59. The van der Waals surface area contributed by atoms with Gasteiger partial charge in [-0.3, -0.25) is 4.79 Å². The van der Waals surface area contributed by atoms with E-state index < -0.39 is 12.0 Å². The molecule has 86 valence electrons. The smallest absolute Gasteiger partial charge is 0.337 e. The standard InChI is InChI=1S/C10H11ClN2O3/c1-5(12)9(14)13-6-2-3-7(10(15)16)8(11)4-6/h2-5H,12H2,1H3,(H,13,14)(H,15,16)/t5-/m1/s1. The van der Waals surface area contributed by atoms with Gasteiger partial charge in [0.25, 0.3) is 0 Å². The van der Waals surface area contributed by atoms with Crippen molar-refractivity contribution in [2.45, 2.75) is 13.0 Å². The molecule has 0 saturated heterocycles. The number of halogens is 1. The van der Waals surface area contributed by atoms with Gasteiger partial charge in [0, 0.05) is 5.69 Å². The third-order valence-corrected chi connectivity index (χ3v) is 2.19. The normalized spacial score (nSPS) is 11.9. The number of aromatic carboxylic acids is 1. The third kappa shape index (κ3) is 2.95. The average Bonchev–Trinajstić information content (AvgIpc) is 2.16. The van der Waals surface area contributed by atoms with E-state index in [2.05, 4.69) is 5.32 Å². The molecule has 0 bridgehead atoms. The Morgan fingerprint density at radius 2 is 2.12 bits per heavy atom. The number of carbonyl (C=O) groups is 2. The molecule has 1 aromatic rings. The number of rotatable bonds is 3. The predicted molar refractivity (Wildman–Crippen MR) is 60.7 cm³/mol. The van der Waals surface area contributed by atoms with Gasteiger partial charge >= 0.3 is 5.97 Å². The summed E-state index contributed by atoms with van der Waals surface area (Å²) in [5.41, 5.74) is 5.76. The van der Waals surface area contributed by atoms with Gasteiger partial charge in [-0.05, 0) is 25.1 Å². The molecule has 16 heavy (non-hydrogen) atoms. The maximum absolute atomic E-state index is 11.2. The molecule has 0 heterocycles. The fourth-order valence-corrected chi connectivity index (χ4v) is 1.28. The van der Waals surface area contributed by atoms with E-state index in [1.54, 1.807) is 6.92 Å². The number of carboxylic acids is 1. The molecule has 0 fully saturated rings. The van der Waals surface area contributed by atoms with E-state index in [-0.39, 0.29) is 16.5 Å². The van der Waals surface area contributed by atoms with Crippen molar-refractivity contribution in [1.82, 2.24) is 0 Å². The van der Waals surface area contributed by atoms with Crippen molar-refractivity contribution in [1.29, 1.82) is 0 Å². The highest BCUT2D eigenvalue weighted by Gasteiger charge is 2.11. The first kappa shape index (κ1) is 12.5. The second kappa shape index (κ2) is 4.96. The van der Waals surface area contributed by atoms with Crippen LogP contribution in [0, 0.1) is 0 Å². The van der Waals surface area contributed by atoms with Crippen molar-refractivity contribution in [3.05, 3.63) is 28.8 Å². The molecule has 1 amide bonds. The molecule has 0 aliphatic rings. The van der Waals surface area contributed by atoms with Gasteiger partial charge in [-0.25, -0.2) is 4.79 Å². The van der Waals surface area contributed by atoms with Crippen molar-refractivity contribution in [3.63, 3.8) is 0 Å². The summed E-state index contributed by atoms with van der Waals surface area (Å²) in [6.45, 7) is 1.54. The summed E-state index contributed by atoms with van der Waals surface area (Å²) in [4.78, 5) is 21.9. The minimum Gasteiger partial charge on any atom is -0.478 e. The molecule has 0 aromatic heterocycles. The molecule has 0 unspecified atom stereocenters. The van der Waals surface area contributed by atoms with Crippen molar-refractivity contribution >= 4 is 29.2 Å². The molecule has 6 heteroatoms. The Morgan fingerprint density at radius 3 is 2.56 bits per heavy atom. The Balaban J connectivity index is 2.90. The first-order valence-electron chi connectivity index (χ1n) is 4.51. The van der Waals surface area contributed by atoms with Crippen molar-refractivity contribution in [3.8, 4) is 0 Å². The Bertz CT molecular complexity index is 432. The second-order valence-electron chi connectivity index (χ2n) is 3.28. The summed E-state index contributed by atoms with van der Waals surface area (Å²) in [5.74, 6) is -1.48. The second-order valence-corrected chi connectivity index (χ2v) is 3.68. The quantitative estimate of drug-likeness (QED) is 0.745. The fraction of sp³-hybridized carbons (Fsp3) is 0.200. The molecular formula is C10H11ClN2O3. The number of amides is 1. The van der Waals surface area contributed by atoms with E-state index >= 15 is 0 Å². The van der Waals surface area contributed by atoms with Crippen LogP contribution in [0.1, 0.15) is 17.3 Å². The lowest BCUT2D eigenvalue weighted by Crippen LogP contribution is -2.32. The highest BCUT2D eigenvalue weighted by atomic mass is 35.5. The molecular weight excluding hydrogens is 232 g/mol. The molecule has 1 aromatic carbocycles. The van der Waals surface area contributed by atoms with E-state index in [4.69, 9.17) is 22.4 Å². The molecule has 0 aliphatic heterocycles. The highest BCUT2D eigenvalue weighted by Crippen LogP contribution is 2.20. The SMILES string of the molecule is C[C@@H](N)C(=O)Nc1ccc(C(=O)O)c(Cl)c1. The zero-order valence-electron chi connectivity index (χ0n) is 8.53. The van der Waals surface area contributed by atoms with Gasteiger partial charge in [0.1, 0.15) is 0 Å². The van der Waals surface area contributed by atoms with E-state index in [1.165, 1.54) is 18.2 Å². The van der Waals surface area contributed by atoms with Gasteiger partial charge in [-0.1, -0.05) is 11.6 Å².